The number of benzene rings is 3. The first-order valence-corrected chi connectivity index (χ1v) is 11.5. The van der Waals surface area contributed by atoms with Gasteiger partial charge in [-0.15, -0.1) is 0 Å². The summed E-state index contributed by atoms with van der Waals surface area (Å²) >= 11 is 0. The van der Waals surface area contributed by atoms with Gasteiger partial charge in [0.1, 0.15) is 22.9 Å². The summed E-state index contributed by atoms with van der Waals surface area (Å²) in [6, 6.07) is 31.4. The van der Waals surface area contributed by atoms with Gasteiger partial charge >= 0.3 is 5.97 Å². The Hall–Kier alpha value is -4.64. The highest BCUT2D eigenvalue weighted by atomic mass is 16.5. The maximum atomic E-state index is 12.6. The molecule has 0 aliphatic carbocycles. The number of nitrogens with zero attached hydrogens (tertiary/aromatic N) is 2. The summed E-state index contributed by atoms with van der Waals surface area (Å²) in [6.45, 7) is 2.67. The van der Waals surface area contributed by atoms with Crippen LogP contribution < -0.4 is 10.1 Å². The van der Waals surface area contributed by atoms with E-state index in [0.717, 1.165) is 39.4 Å². The van der Waals surface area contributed by atoms with Crippen LogP contribution >= 0.6 is 0 Å². The lowest BCUT2D eigenvalue weighted by Crippen LogP contribution is -2.06. The number of imidazole rings is 1. The Bertz CT molecular complexity index is 1490. The summed E-state index contributed by atoms with van der Waals surface area (Å²) in [5.41, 5.74) is 5.47. The standard InChI is InChI=1S/C30H25N3O2/c1-22-11-10-20-33-29(22)32-28(30(33)31-21-24-14-6-3-7-15-24)25-16-8-9-17-26(25)35-27(34)19-18-23-12-4-2-5-13-23/h2-20,31H,21H2,1H3. The fourth-order valence-corrected chi connectivity index (χ4v) is 3.96. The van der Waals surface area contributed by atoms with Crippen LogP contribution in [0.4, 0.5) is 5.82 Å². The molecule has 0 saturated carbocycles. The van der Waals surface area contributed by atoms with Crippen molar-refractivity contribution in [2.45, 2.75) is 13.5 Å². The number of carbonyl (C=O) groups is 1. The quantitative estimate of drug-likeness (QED) is 0.171. The maximum absolute atomic E-state index is 12.6. The molecule has 0 aliphatic rings. The monoisotopic (exact) mass is 459 g/mol. The smallest absolute Gasteiger partial charge is 0.336 e. The number of fused-ring (bicyclic) bond motifs is 1. The van der Waals surface area contributed by atoms with E-state index in [4.69, 9.17) is 9.72 Å². The lowest BCUT2D eigenvalue weighted by Gasteiger charge is -2.11. The van der Waals surface area contributed by atoms with Crippen molar-refractivity contribution >= 4 is 23.5 Å². The molecule has 3 aromatic carbocycles. The average molecular weight is 460 g/mol. The molecule has 0 spiro atoms. The first-order chi connectivity index (χ1) is 17.2. The van der Waals surface area contributed by atoms with Crippen molar-refractivity contribution in [2.24, 2.45) is 0 Å². The number of hydrogen-bond donors (Lipinski definition) is 1. The molecule has 0 aliphatic heterocycles. The van der Waals surface area contributed by atoms with Crippen LogP contribution in [0.25, 0.3) is 23.0 Å². The highest BCUT2D eigenvalue weighted by molar-refractivity contribution is 5.90. The highest BCUT2D eigenvalue weighted by Crippen LogP contribution is 2.36. The number of rotatable bonds is 7. The van der Waals surface area contributed by atoms with Crippen LogP contribution in [-0.4, -0.2) is 15.4 Å². The number of anilines is 1. The van der Waals surface area contributed by atoms with E-state index in [2.05, 4.69) is 17.4 Å². The molecule has 5 nitrogen and oxygen atoms in total. The molecule has 1 N–H and O–H groups in total. The molecule has 0 amide bonds. The van der Waals surface area contributed by atoms with E-state index in [9.17, 15) is 4.79 Å². The Morgan fingerprint density at radius 1 is 0.914 bits per heavy atom. The second-order valence-electron chi connectivity index (χ2n) is 8.19. The molecule has 0 atom stereocenters. The van der Waals surface area contributed by atoms with Gasteiger partial charge in [-0.25, -0.2) is 9.78 Å². The van der Waals surface area contributed by atoms with E-state index < -0.39 is 5.97 Å². The topological polar surface area (TPSA) is 55.6 Å². The normalized spacial score (nSPS) is 11.1. The predicted molar refractivity (Wildman–Crippen MR) is 140 cm³/mol. The fourth-order valence-electron chi connectivity index (χ4n) is 3.96. The molecule has 35 heavy (non-hydrogen) atoms. The van der Waals surface area contributed by atoms with Crippen LogP contribution in [0.3, 0.4) is 0 Å². The average Bonchev–Trinajstić information content (AvgIpc) is 3.27. The van der Waals surface area contributed by atoms with Gasteiger partial charge < -0.3 is 10.1 Å². The molecule has 0 bridgehead atoms. The molecule has 5 aromatic rings. The summed E-state index contributed by atoms with van der Waals surface area (Å²) in [5.74, 6) is 0.856. The number of aryl methyl sites for hydroxylation is 1. The summed E-state index contributed by atoms with van der Waals surface area (Å²) in [7, 11) is 0. The number of pyridine rings is 1. The Morgan fingerprint density at radius 2 is 1.63 bits per heavy atom. The van der Waals surface area contributed by atoms with E-state index in [1.807, 2.05) is 96.4 Å². The van der Waals surface area contributed by atoms with Crippen LogP contribution in [0.5, 0.6) is 5.75 Å². The van der Waals surface area contributed by atoms with Crippen molar-refractivity contribution in [3.8, 4) is 17.0 Å². The van der Waals surface area contributed by atoms with Crippen LogP contribution in [-0.2, 0) is 11.3 Å². The van der Waals surface area contributed by atoms with Gasteiger partial charge in [-0.05, 0) is 47.9 Å². The Labute approximate surface area is 204 Å². The Morgan fingerprint density at radius 3 is 2.43 bits per heavy atom. The van der Waals surface area contributed by atoms with Crippen molar-refractivity contribution in [3.63, 3.8) is 0 Å². The van der Waals surface area contributed by atoms with Crippen LogP contribution in [0, 0.1) is 6.92 Å². The molecular formula is C30H25N3O2. The SMILES string of the molecule is Cc1cccn2c(NCc3ccccc3)c(-c3ccccc3OC(=O)C=Cc3ccccc3)nc12. The molecule has 172 valence electrons. The van der Waals surface area contributed by atoms with Crippen LogP contribution in [0.1, 0.15) is 16.7 Å². The molecule has 0 radical (unpaired) electrons. The first-order valence-electron chi connectivity index (χ1n) is 11.5. The number of ether oxygens (including phenoxy) is 1. The largest absolute Gasteiger partial charge is 0.423 e. The molecule has 5 rings (SSSR count). The predicted octanol–water partition coefficient (Wildman–Crippen LogP) is 6.54. The first kappa shape index (κ1) is 22.2. The molecule has 2 aromatic heterocycles. The second-order valence-corrected chi connectivity index (χ2v) is 8.19. The van der Waals surface area contributed by atoms with Gasteiger partial charge in [0.05, 0.1) is 0 Å². The molecule has 0 unspecified atom stereocenters. The number of para-hydroxylation sites is 1. The van der Waals surface area contributed by atoms with E-state index in [0.29, 0.717) is 12.3 Å². The lowest BCUT2D eigenvalue weighted by atomic mass is 10.1. The zero-order chi connectivity index (χ0) is 24.0. The summed E-state index contributed by atoms with van der Waals surface area (Å²) in [5, 5.41) is 3.55. The van der Waals surface area contributed by atoms with Gasteiger partial charge in [0.25, 0.3) is 0 Å². The fraction of sp³-hybridized carbons (Fsp3) is 0.0667. The maximum Gasteiger partial charge on any atom is 0.336 e. The molecule has 2 heterocycles. The van der Waals surface area contributed by atoms with Gasteiger partial charge in [0.15, 0.2) is 0 Å². The highest BCUT2D eigenvalue weighted by Gasteiger charge is 2.19. The zero-order valence-electron chi connectivity index (χ0n) is 19.4. The molecule has 0 saturated heterocycles. The Kier molecular flexibility index (Phi) is 6.39. The van der Waals surface area contributed by atoms with Gasteiger partial charge in [-0.3, -0.25) is 4.40 Å². The van der Waals surface area contributed by atoms with Gasteiger partial charge in [-0.2, -0.15) is 0 Å². The van der Waals surface area contributed by atoms with Gasteiger partial charge in [-0.1, -0.05) is 78.9 Å². The van der Waals surface area contributed by atoms with E-state index >= 15 is 0 Å². The third-order valence-electron chi connectivity index (χ3n) is 5.71. The number of esters is 1. The Balaban J connectivity index is 1.50. The zero-order valence-corrected chi connectivity index (χ0v) is 19.4. The number of nitrogens with one attached hydrogen (secondary N) is 1. The van der Waals surface area contributed by atoms with E-state index in [-0.39, 0.29) is 0 Å². The molecule has 5 heteroatoms. The number of carbonyl (C=O) groups excluding carboxylic acids is 1. The minimum absolute atomic E-state index is 0.444. The van der Waals surface area contributed by atoms with Crippen molar-refractivity contribution in [3.05, 3.63) is 126 Å². The van der Waals surface area contributed by atoms with Crippen molar-refractivity contribution in [2.75, 3.05) is 5.32 Å². The molecular weight excluding hydrogens is 434 g/mol. The van der Waals surface area contributed by atoms with Crippen molar-refractivity contribution in [1.82, 2.24) is 9.38 Å². The molecule has 0 fully saturated rings. The number of aromatic nitrogens is 2. The third-order valence-corrected chi connectivity index (χ3v) is 5.71. The summed E-state index contributed by atoms with van der Waals surface area (Å²) in [6.07, 6.45) is 5.17. The second kappa shape index (κ2) is 10.1. The third kappa shape index (κ3) is 4.99. The van der Waals surface area contributed by atoms with Crippen LogP contribution in [0.15, 0.2) is 109 Å². The van der Waals surface area contributed by atoms with E-state index in [1.54, 1.807) is 12.1 Å². The van der Waals surface area contributed by atoms with E-state index in [1.165, 1.54) is 6.08 Å². The summed E-state index contributed by atoms with van der Waals surface area (Å²) < 4.78 is 7.81. The lowest BCUT2D eigenvalue weighted by molar-refractivity contribution is -0.128. The minimum Gasteiger partial charge on any atom is -0.423 e. The number of hydrogen-bond acceptors (Lipinski definition) is 4. The van der Waals surface area contributed by atoms with Gasteiger partial charge in [0, 0.05) is 24.4 Å². The summed E-state index contributed by atoms with van der Waals surface area (Å²) in [4.78, 5) is 17.6. The van der Waals surface area contributed by atoms with Crippen molar-refractivity contribution in [1.29, 1.82) is 0 Å². The van der Waals surface area contributed by atoms with Crippen molar-refractivity contribution < 1.29 is 9.53 Å². The van der Waals surface area contributed by atoms with Crippen LogP contribution in [0.2, 0.25) is 0 Å². The minimum atomic E-state index is -0.444. The van der Waals surface area contributed by atoms with Gasteiger partial charge in [0.2, 0.25) is 0 Å².